The van der Waals surface area contributed by atoms with Crippen LogP contribution in [0.15, 0.2) is 36.7 Å². The van der Waals surface area contributed by atoms with E-state index >= 15 is 0 Å². The average Bonchev–Trinajstić information content (AvgIpc) is 3.12. The third-order valence-electron chi connectivity index (χ3n) is 4.55. The van der Waals surface area contributed by atoms with E-state index in [2.05, 4.69) is 39.7 Å². The van der Waals surface area contributed by atoms with Crippen molar-refractivity contribution in [3.8, 4) is 0 Å². The number of aromatic amines is 1. The zero-order valence-corrected chi connectivity index (χ0v) is 12.3. The summed E-state index contributed by atoms with van der Waals surface area (Å²) in [6, 6.07) is 9.15. The van der Waals surface area contributed by atoms with Gasteiger partial charge < -0.3 is 10.3 Å². The van der Waals surface area contributed by atoms with Gasteiger partial charge in [-0.3, -0.25) is 4.68 Å². The van der Waals surface area contributed by atoms with Crippen molar-refractivity contribution in [3.05, 3.63) is 53.5 Å². The molecule has 2 heterocycles. The Labute approximate surface area is 124 Å². The van der Waals surface area contributed by atoms with Gasteiger partial charge in [-0.15, -0.1) is 0 Å². The minimum atomic E-state index is 0.432. The number of aryl methyl sites for hydroxylation is 1. The maximum Gasteiger partial charge on any atom is 0.0540 e. The van der Waals surface area contributed by atoms with Crippen LogP contribution in [0.5, 0.6) is 0 Å². The highest BCUT2D eigenvalue weighted by Gasteiger charge is 2.22. The second-order valence-corrected chi connectivity index (χ2v) is 5.90. The molecule has 0 radical (unpaired) electrons. The van der Waals surface area contributed by atoms with E-state index in [0.717, 1.165) is 13.0 Å². The highest BCUT2D eigenvalue weighted by molar-refractivity contribution is 5.79. The van der Waals surface area contributed by atoms with E-state index < -0.39 is 0 Å². The Hall–Kier alpha value is -2.07. The molecule has 4 nitrogen and oxygen atoms in total. The van der Waals surface area contributed by atoms with Crippen molar-refractivity contribution in [2.24, 2.45) is 7.05 Å². The van der Waals surface area contributed by atoms with Crippen LogP contribution in [-0.2, 0) is 20.0 Å². The topological polar surface area (TPSA) is 45.6 Å². The molecule has 4 heteroatoms. The summed E-state index contributed by atoms with van der Waals surface area (Å²) in [7, 11) is 2.04. The maximum absolute atomic E-state index is 4.41. The molecule has 0 bridgehead atoms. The van der Waals surface area contributed by atoms with Crippen LogP contribution >= 0.6 is 0 Å². The highest BCUT2D eigenvalue weighted by Crippen LogP contribution is 2.29. The SMILES string of the molecule is Cn1ncc2c1CCCC2NCc1ccc2cc[nH]c2c1. The van der Waals surface area contributed by atoms with Crippen LogP contribution in [0, 0.1) is 0 Å². The lowest BCUT2D eigenvalue weighted by atomic mass is 9.93. The largest absolute Gasteiger partial charge is 0.361 e. The molecule has 1 aliphatic rings. The fourth-order valence-electron chi connectivity index (χ4n) is 3.36. The molecule has 3 aromatic rings. The van der Waals surface area contributed by atoms with Crippen molar-refractivity contribution in [1.29, 1.82) is 0 Å². The summed E-state index contributed by atoms with van der Waals surface area (Å²) in [5.41, 5.74) is 5.30. The molecule has 0 saturated heterocycles. The van der Waals surface area contributed by atoms with Gasteiger partial charge in [-0.2, -0.15) is 5.10 Å². The number of nitrogens with one attached hydrogen (secondary N) is 2. The van der Waals surface area contributed by atoms with Crippen molar-refractivity contribution in [2.45, 2.75) is 31.8 Å². The van der Waals surface area contributed by atoms with E-state index in [1.54, 1.807) is 0 Å². The quantitative estimate of drug-likeness (QED) is 0.774. The van der Waals surface area contributed by atoms with E-state index in [1.807, 2.05) is 24.1 Å². The van der Waals surface area contributed by atoms with E-state index in [1.165, 1.54) is 40.6 Å². The molecule has 0 spiro atoms. The highest BCUT2D eigenvalue weighted by atomic mass is 15.3. The molecule has 21 heavy (non-hydrogen) atoms. The molecule has 0 fully saturated rings. The Bertz CT molecular complexity index is 768. The summed E-state index contributed by atoms with van der Waals surface area (Å²) >= 11 is 0. The Morgan fingerprint density at radius 3 is 3.29 bits per heavy atom. The number of benzene rings is 1. The van der Waals surface area contributed by atoms with Crippen LogP contribution in [0.25, 0.3) is 10.9 Å². The van der Waals surface area contributed by atoms with Crippen molar-refractivity contribution >= 4 is 10.9 Å². The first-order valence-corrected chi connectivity index (χ1v) is 7.61. The number of aromatic nitrogens is 3. The number of nitrogens with zero attached hydrogens (tertiary/aromatic N) is 2. The fourth-order valence-corrected chi connectivity index (χ4v) is 3.36. The predicted octanol–water partition coefficient (Wildman–Crippen LogP) is 3.07. The third kappa shape index (κ3) is 2.25. The predicted molar refractivity (Wildman–Crippen MR) is 84.0 cm³/mol. The number of fused-ring (bicyclic) bond motifs is 2. The lowest BCUT2D eigenvalue weighted by molar-refractivity contribution is 0.452. The van der Waals surface area contributed by atoms with Gasteiger partial charge in [-0.1, -0.05) is 12.1 Å². The molecule has 2 N–H and O–H groups in total. The zero-order valence-electron chi connectivity index (χ0n) is 12.3. The molecule has 1 unspecified atom stereocenters. The Morgan fingerprint density at radius 2 is 2.33 bits per heavy atom. The van der Waals surface area contributed by atoms with Crippen LogP contribution in [0.4, 0.5) is 0 Å². The first kappa shape index (κ1) is 12.7. The molecule has 0 saturated carbocycles. The van der Waals surface area contributed by atoms with Crippen LogP contribution in [-0.4, -0.2) is 14.8 Å². The number of hydrogen-bond acceptors (Lipinski definition) is 2. The van der Waals surface area contributed by atoms with Gasteiger partial charge >= 0.3 is 0 Å². The van der Waals surface area contributed by atoms with Gasteiger partial charge in [0, 0.05) is 42.6 Å². The first-order valence-electron chi connectivity index (χ1n) is 7.61. The normalized spacial score (nSPS) is 18.0. The first-order chi connectivity index (χ1) is 10.3. The molecular weight excluding hydrogens is 260 g/mol. The molecule has 2 aromatic heterocycles. The molecule has 0 aliphatic heterocycles. The fraction of sp³-hybridized carbons (Fsp3) is 0.353. The maximum atomic E-state index is 4.41. The summed E-state index contributed by atoms with van der Waals surface area (Å²) in [5.74, 6) is 0. The van der Waals surface area contributed by atoms with E-state index in [9.17, 15) is 0 Å². The second-order valence-electron chi connectivity index (χ2n) is 5.90. The zero-order chi connectivity index (χ0) is 14.2. The number of rotatable bonds is 3. The van der Waals surface area contributed by atoms with Gasteiger partial charge in [0.25, 0.3) is 0 Å². The van der Waals surface area contributed by atoms with Gasteiger partial charge in [-0.05, 0) is 42.3 Å². The van der Waals surface area contributed by atoms with Gasteiger partial charge in [0.2, 0.25) is 0 Å². The van der Waals surface area contributed by atoms with Crippen LogP contribution in [0.3, 0.4) is 0 Å². The molecule has 1 aliphatic carbocycles. The Balaban J connectivity index is 1.52. The van der Waals surface area contributed by atoms with E-state index in [4.69, 9.17) is 0 Å². The standard InChI is InChI=1S/C17H20N4/c1-21-17-4-2-3-15(14(17)11-20-21)19-10-12-5-6-13-7-8-18-16(13)9-12/h5-9,11,15,18-19H,2-4,10H2,1H3. The van der Waals surface area contributed by atoms with Gasteiger partial charge in [0.15, 0.2) is 0 Å². The smallest absolute Gasteiger partial charge is 0.0540 e. The molecule has 1 aromatic carbocycles. The second kappa shape index (κ2) is 5.04. The monoisotopic (exact) mass is 280 g/mol. The Kier molecular flexibility index (Phi) is 3.04. The number of hydrogen-bond donors (Lipinski definition) is 2. The van der Waals surface area contributed by atoms with Gasteiger partial charge in [0.05, 0.1) is 6.20 Å². The van der Waals surface area contributed by atoms with Crippen molar-refractivity contribution < 1.29 is 0 Å². The minimum Gasteiger partial charge on any atom is -0.361 e. The molecular formula is C17H20N4. The third-order valence-corrected chi connectivity index (χ3v) is 4.55. The summed E-state index contributed by atoms with van der Waals surface area (Å²) in [5, 5.41) is 9.38. The number of H-pyrrole nitrogens is 1. The molecule has 108 valence electrons. The summed E-state index contributed by atoms with van der Waals surface area (Å²) in [4.78, 5) is 3.28. The lowest BCUT2D eigenvalue weighted by Gasteiger charge is -2.24. The summed E-state index contributed by atoms with van der Waals surface area (Å²) in [6.45, 7) is 0.897. The molecule has 1 atom stereocenters. The summed E-state index contributed by atoms with van der Waals surface area (Å²) < 4.78 is 2.02. The van der Waals surface area contributed by atoms with Gasteiger partial charge in [-0.25, -0.2) is 0 Å². The van der Waals surface area contributed by atoms with Crippen LogP contribution in [0.2, 0.25) is 0 Å². The van der Waals surface area contributed by atoms with Crippen molar-refractivity contribution in [2.75, 3.05) is 0 Å². The summed E-state index contributed by atoms with van der Waals surface area (Å²) in [6.07, 6.45) is 7.60. The van der Waals surface area contributed by atoms with E-state index in [0.29, 0.717) is 6.04 Å². The van der Waals surface area contributed by atoms with Crippen LogP contribution in [0.1, 0.15) is 35.7 Å². The molecule has 4 rings (SSSR count). The van der Waals surface area contributed by atoms with E-state index in [-0.39, 0.29) is 0 Å². The van der Waals surface area contributed by atoms with Crippen molar-refractivity contribution in [1.82, 2.24) is 20.1 Å². The minimum absolute atomic E-state index is 0.432. The molecule has 0 amide bonds. The van der Waals surface area contributed by atoms with Crippen LogP contribution < -0.4 is 5.32 Å². The van der Waals surface area contributed by atoms with Crippen molar-refractivity contribution in [3.63, 3.8) is 0 Å². The lowest BCUT2D eigenvalue weighted by Crippen LogP contribution is -2.24. The Morgan fingerprint density at radius 1 is 1.38 bits per heavy atom. The van der Waals surface area contributed by atoms with Gasteiger partial charge in [0.1, 0.15) is 0 Å². The average molecular weight is 280 g/mol.